The summed E-state index contributed by atoms with van der Waals surface area (Å²) in [6.45, 7) is -3.15. The van der Waals surface area contributed by atoms with Crippen molar-refractivity contribution in [3.05, 3.63) is 36.5 Å². The fraction of sp³-hybridized carbons (Fsp3) is 0.902. The van der Waals surface area contributed by atoms with E-state index in [1.165, 1.54) is 0 Å². The molecule has 140 heavy (non-hydrogen) atoms. The Morgan fingerprint density at radius 2 is 0.650 bits per heavy atom. The van der Waals surface area contributed by atoms with Crippen LogP contribution in [0.5, 0.6) is 0 Å². The van der Waals surface area contributed by atoms with Gasteiger partial charge >= 0.3 is 0 Å². The smallest absolute Gasteiger partial charge is 0.251 e. The first kappa shape index (κ1) is 116. The van der Waals surface area contributed by atoms with Gasteiger partial charge in [0, 0.05) is 102 Å². The van der Waals surface area contributed by atoms with E-state index in [1.54, 1.807) is 36.5 Å². The van der Waals surface area contributed by atoms with Crippen LogP contribution in [0.2, 0.25) is 0 Å². The third-order valence-corrected chi connectivity index (χ3v) is 27.8. The summed E-state index contributed by atoms with van der Waals surface area (Å²) in [4.78, 5) is 25.6. The molecule has 810 valence electrons. The predicted octanol–water partition coefficient (Wildman–Crippen LogP) is -23.4. The average molecular weight is 2030 g/mol. The Morgan fingerprint density at radius 1 is 0.350 bits per heavy atom. The molecular formula is C82H152N18O40. The number of aliphatic hydroxyl groups is 20. The Morgan fingerprint density at radius 3 is 0.957 bits per heavy atom. The summed E-state index contributed by atoms with van der Waals surface area (Å²) in [6, 6.07) is -10.5. The van der Waals surface area contributed by atoms with E-state index in [0.717, 1.165) is 0 Å². The van der Waals surface area contributed by atoms with Gasteiger partial charge in [-0.2, -0.15) is 0 Å². The zero-order chi connectivity index (χ0) is 103. The topological polar surface area (TPSA) is 1060 Å². The van der Waals surface area contributed by atoms with Crippen molar-refractivity contribution in [3.8, 4) is 0 Å². The van der Waals surface area contributed by atoms with Gasteiger partial charge in [0.25, 0.3) is 5.91 Å². The van der Waals surface area contributed by atoms with E-state index in [1.807, 2.05) is 0 Å². The van der Waals surface area contributed by atoms with E-state index in [9.17, 15) is 112 Å². The lowest BCUT2D eigenvalue weighted by molar-refractivity contribution is -0.286. The van der Waals surface area contributed by atoms with Gasteiger partial charge in [-0.05, 0) is 37.5 Å². The van der Waals surface area contributed by atoms with E-state index in [0.29, 0.717) is 0 Å². The minimum absolute atomic E-state index is 0.0767. The molecule has 0 spiro atoms. The van der Waals surface area contributed by atoms with Crippen molar-refractivity contribution in [2.75, 3.05) is 78.8 Å². The fourth-order valence-corrected chi connectivity index (χ4v) is 19.0. The summed E-state index contributed by atoms with van der Waals surface area (Å²) in [7, 11) is 0. The number of amides is 1. The van der Waals surface area contributed by atoms with Crippen molar-refractivity contribution < 1.29 is 197 Å². The molecule has 13 aliphatic rings. The molecule has 55 atom stereocenters. The van der Waals surface area contributed by atoms with Crippen LogP contribution in [0.4, 0.5) is 0 Å². The Bertz CT molecular complexity index is 3860. The second-order valence-corrected chi connectivity index (χ2v) is 37.7. The molecule has 9 heterocycles. The number of nitrogens with two attached hydrogens (primary N) is 17. The molecule has 1 amide bonds. The number of aliphatic hydroxyl groups excluding tert-OH is 19. The van der Waals surface area contributed by atoms with Gasteiger partial charge in [0.05, 0.1) is 92.6 Å². The highest BCUT2D eigenvalue weighted by Gasteiger charge is 2.62. The van der Waals surface area contributed by atoms with E-state index in [2.05, 4.69) is 5.32 Å². The summed E-state index contributed by atoms with van der Waals surface area (Å²) in [5, 5.41) is 213. The van der Waals surface area contributed by atoms with Crippen LogP contribution >= 0.6 is 0 Å². The second kappa shape index (κ2) is 52.1. The van der Waals surface area contributed by atoms with Gasteiger partial charge in [-0.25, -0.2) is 0 Å². The van der Waals surface area contributed by atoms with Gasteiger partial charge in [-0.3, -0.25) is 9.59 Å². The number of ketones is 1. The maximum atomic E-state index is 12.9. The van der Waals surface area contributed by atoms with Gasteiger partial charge in [-0.15, -0.1) is 0 Å². The molecule has 10 fully saturated rings. The molecule has 0 aromatic rings. The molecule has 58 heteroatoms. The predicted molar refractivity (Wildman–Crippen MR) is 472 cm³/mol. The van der Waals surface area contributed by atoms with Crippen LogP contribution in [0.15, 0.2) is 36.5 Å². The Kier molecular flexibility index (Phi) is 43.3. The van der Waals surface area contributed by atoms with E-state index in [4.69, 9.17) is 183 Å². The van der Waals surface area contributed by atoms with Crippen LogP contribution in [0.3, 0.4) is 0 Å². The maximum Gasteiger partial charge on any atom is 0.251 e. The molecule has 0 aromatic carbocycles. The molecule has 2 unspecified atom stereocenters. The minimum Gasteiger partial charge on any atom is -0.396 e. The van der Waals surface area contributed by atoms with Crippen LogP contribution in [0.25, 0.3) is 0 Å². The number of hydrogen-bond acceptors (Lipinski definition) is 57. The lowest BCUT2D eigenvalue weighted by atomic mass is 9.75. The molecule has 9 aliphatic heterocycles. The minimum atomic E-state index is -1.92. The summed E-state index contributed by atoms with van der Waals surface area (Å²) in [5.74, 6) is -3.50. The van der Waals surface area contributed by atoms with E-state index in [-0.39, 0.29) is 91.0 Å². The van der Waals surface area contributed by atoms with Crippen LogP contribution < -0.4 is 103 Å². The third-order valence-electron chi connectivity index (χ3n) is 27.8. The van der Waals surface area contributed by atoms with E-state index >= 15 is 0 Å². The number of carbonyl (C=O) groups is 2. The number of hydrogen-bond donors (Lipinski definition) is 38. The molecule has 58 nitrogen and oxygen atoms in total. The van der Waals surface area contributed by atoms with Crippen molar-refractivity contribution >= 4 is 11.7 Å². The van der Waals surface area contributed by atoms with Crippen LogP contribution in [0, 0.1) is 17.8 Å². The summed E-state index contributed by atoms with van der Waals surface area (Å²) < 4.78 is 106. The molecule has 4 saturated carbocycles. The third kappa shape index (κ3) is 26.8. The maximum absolute atomic E-state index is 12.9. The summed E-state index contributed by atoms with van der Waals surface area (Å²) in [5.41, 5.74) is 99.8. The Hall–Kier alpha value is -3.84. The number of rotatable bonds is 38. The van der Waals surface area contributed by atoms with Crippen molar-refractivity contribution in [1.82, 2.24) is 5.32 Å². The second-order valence-electron chi connectivity index (χ2n) is 37.7. The number of Topliss-reactive ketones (excluding diaryl/α,β-unsaturated/α-hetero) is 1. The normalized spacial score (nSPS) is 48.5. The molecule has 0 aromatic heterocycles. The molecule has 0 radical (unpaired) electrons. The quantitative estimate of drug-likeness (QED) is 0.0255. The van der Waals surface area contributed by atoms with Crippen molar-refractivity contribution in [2.24, 2.45) is 115 Å². The molecule has 4 aliphatic carbocycles. The highest BCUT2D eigenvalue weighted by Crippen LogP contribution is 2.44. The number of carbonyl (C=O) groups excluding carboxylic acids is 2. The van der Waals surface area contributed by atoms with E-state index < -0.39 is 380 Å². The number of ether oxygens (including phenoxy) is 18. The lowest BCUT2D eigenvalue weighted by Gasteiger charge is -2.46. The van der Waals surface area contributed by atoms with Gasteiger partial charge in [0.1, 0.15) is 164 Å². The zero-order valence-corrected chi connectivity index (χ0v) is 76.9. The largest absolute Gasteiger partial charge is 0.396 e. The first-order valence-electron chi connectivity index (χ1n) is 46.9. The SMILES string of the molecule is NC[C@@H]1O[C@H](O[C@H]2[C@@H](O)[C@H](O[C@@H]3[C@@H](O)[C@H](CC(=O)C4(O)CC4N)C[C@H](N)[C@H]3O[C@H]3O[C@H](CN)C=C[C@H]3N)O[C@@H]2CO)[C@H](N)[C@@H](O)[C@@H]1O.NC[C@@H]1O[C@H](O[C@H]2[C@@H](O)[C@H](O[C@@H]3[C@@H](O)[C@H](CC(CO)CO)C[C@H](N)[C@H]3O[C@H]3O[C@H](CN)C=C[C@H]3N)O[C@@H]2CO)[C@H](N)[C@@H](O)[C@@H]1O.NC[C@@H]1O[C@H](O[C@H]2[C@@H](O)[C@H](O[C@@H]3[C@@H](O)[C@H](NC(=O)[C@@H](O)[C@@H](O)CN)C[C@H](N)[C@H]3O[C@H]3O[C@H](CN)C=C[C@H]3N)O[C@@H]2CO)[C@H](N)[C@@H](O)[C@@H]1O. The number of nitrogens with one attached hydrogen (secondary N) is 1. The molecule has 13 rings (SSSR count). The highest BCUT2D eigenvalue weighted by atomic mass is 16.8. The van der Waals surface area contributed by atoms with Gasteiger partial charge in [-0.1, -0.05) is 36.5 Å². The van der Waals surface area contributed by atoms with Crippen LogP contribution in [-0.2, 0) is 94.9 Å². The standard InChI is InChI=1S/C28H50N6O13.C27H51N7O14.C27H51N5O13/c29-6-10-1-2-11(31)25(42-10)45-22-12(32)3-9(4-16(36)28(41)5-15(28)33)18(37)24(22)47-27-21(40)23(14(8-35)44-27)46-26-17(34)20(39)19(38)13(7-30)43-26;28-4-8-1-2-9(31)25(43-8)46-21-10(32)3-11(34-24(42)17(38)12(36)5-29)16(37)23(21)48-27-20(41)22(14(7-35)45-27)47-26-15(33)19(40)18(39)13(6-30)44-26;28-5-12-1-2-13(30)25(40-12)43-22-14(31)4-11(3-10(7-33)8-34)18(36)24(22)45-27-21(39)23(16(9-35)42-27)44-26-17(32)20(38)19(37)15(6-29)41-26/h1-2,9-15,17-27,35,37-41H,3-8,29-34H2;1-2,8-23,25-27,35-41H,3-7,28-33H2,(H,34,42);1-2,10-27,33-39H,3-9,28-32H2/t9-,10-,11+,12-,13-,14+,15?,17+,18-,19+,20+,21+,22+,23+,24+,25+,26+,27-,28?;8-,9+,10-,11+,12-,13-,14+,15+,16-,17-,18+,19+,20+,21+,22+,23+,25+,26+,27-;11-,12+,13-,14+,15+,16-,17-,18+,19-,20-,21-,22-,23-,24-,25-,26-,27+/m001/s1. The van der Waals surface area contributed by atoms with Crippen molar-refractivity contribution in [2.45, 2.75) is 363 Å². The van der Waals surface area contributed by atoms with Crippen LogP contribution in [-0.4, -0.2) is 517 Å². The Labute approximate surface area is 804 Å². The molecule has 55 N–H and O–H groups in total. The van der Waals surface area contributed by atoms with Crippen LogP contribution in [0.1, 0.15) is 38.5 Å². The monoisotopic (exact) mass is 2030 g/mol. The lowest BCUT2D eigenvalue weighted by Crippen LogP contribution is -2.67. The summed E-state index contributed by atoms with van der Waals surface area (Å²) >= 11 is 0. The fourth-order valence-electron chi connectivity index (χ4n) is 19.0. The first-order valence-corrected chi connectivity index (χ1v) is 46.9. The molecule has 0 bridgehead atoms. The first-order chi connectivity index (χ1) is 66.4. The molecule has 6 saturated heterocycles. The van der Waals surface area contributed by atoms with Gasteiger partial charge in [0.15, 0.2) is 68.5 Å². The van der Waals surface area contributed by atoms with Gasteiger partial charge < -0.3 is 290 Å². The zero-order valence-electron chi connectivity index (χ0n) is 76.9. The van der Waals surface area contributed by atoms with Crippen molar-refractivity contribution in [1.29, 1.82) is 0 Å². The highest BCUT2D eigenvalue weighted by molar-refractivity contribution is 5.91. The van der Waals surface area contributed by atoms with Crippen molar-refractivity contribution in [3.63, 3.8) is 0 Å². The average Bonchev–Trinajstić information content (AvgIpc) is 1.60. The molecular weight excluding hydrogens is 1880 g/mol. The summed E-state index contributed by atoms with van der Waals surface area (Å²) in [6.07, 6.45) is -42.7. The van der Waals surface area contributed by atoms with Gasteiger partial charge in [0.2, 0.25) is 0 Å². The Balaban J connectivity index is 0.000000201.